The first-order valence-electron chi connectivity index (χ1n) is 10.1. The number of hydrogen-bond acceptors (Lipinski definition) is 5. The third-order valence-electron chi connectivity index (χ3n) is 5.14. The standard InChI is InChI=1S/C26H19Cl2NO4/c1-15-3-10-23-20(11-15)21(13-24(29-23)16-4-7-18(32-2)8-5-16)26(31)33-14-25(30)19-9-6-17(27)12-22(19)28/h3-13H,14H2,1-2H3. The summed E-state index contributed by atoms with van der Waals surface area (Å²) >= 11 is 12.0. The summed E-state index contributed by atoms with van der Waals surface area (Å²) in [6.07, 6.45) is 0. The van der Waals surface area contributed by atoms with E-state index in [4.69, 9.17) is 37.7 Å². The summed E-state index contributed by atoms with van der Waals surface area (Å²) < 4.78 is 10.6. The van der Waals surface area contributed by atoms with Crippen molar-refractivity contribution in [3.63, 3.8) is 0 Å². The van der Waals surface area contributed by atoms with Gasteiger partial charge >= 0.3 is 5.97 Å². The molecule has 0 aliphatic carbocycles. The maximum atomic E-state index is 13.1. The van der Waals surface area contributed by atoms with Crippen molar-refractivity contribution >= 4 is 45.9 Å². The van der Waals surface area contributed by atoms with E-state index < -0.39 is 18.4 Å². The van der Waals surface area contributed by atoms with Gasteiger partial charge in [-0.3, -0.25) is 4.79 Å². The summed E-state index contributed by atoms with van der Waals surface area (Å²) in [7, 11) is 1.60. The number of carbonyl (C=O) groups is 2. The number of methoxy groups -OCH3 is 1. The first kappa shape index (κ1) is 22.8. The molecule has 0 bridgehead atoms. The number of nitrogens with zero attached hydrogens (tertiary/aromatic N) is 1. The second-order valence-corrected chi connectivity index (χ2v) is 8.27. The van der Waals surface area contributed by atoms with Gasteiger partial charge in [0.2, 0.25) is 5.78 Å². The summed E-state index contributed by atoms with van der Waals surface area (Å²) in [5.74, 6) is -0.328. The van der Waals surface area contributed by atoms with Gasteiger partial charge in [-0.25, -0.2) is 9.78 Å². The molecule has 7 heteroatoms. The van der Waals surface area contributed by atoms with Crippen LogP contribution in [0.3, 0.4) is 0 Å². The fraction of sp³-hybridized carbons (Fsp3) is 0.115. The lowest BCUT2D eigenvalue weighted by molar-refractivity contribution is 0.0476. The average Bonchev–Trinajstić information content (AvgIpc) is 2.81. The monoisotopic (exact) mass is 479 g/mol. The fourth-order valence-corrected chi connectivity index (χ4v) is 3.93. The van der Waals surface area contributed by atoms with E-state index >= 15 is 0 Å². The second kappa shape index (κ2) is 9.61. The minimum Gasteiger partial charge on any atom is -0.497 e. The maximum absolute atomic E-state index is 13.1. The Bertz CT molecular complexity index is 1370. The second-order valence-electron chi connectivity index (χ2n) is 7.43. The third-order valence-corrected chi connectivity index (χ3v) is 5.68. The molecule has 4 aromatic rings. The van der Waals surface area contributed by atoms with Crippen LogP contribution in [-0.2, 0) is 4.74 Å². The maximum Gasteiger partial charge on any atom is 0.339 e. The van der Waals surface area contributed by atoms with Crippen LogP contribution >= 0.6 is 23.2 Å². The highest BCUT2D eigenvalue weighted by atomic mass is 35.5. The van der Waals surface area contributed by atoms with Crippen molar-refractivity contribution < 1.29 is 19.1 Å². The Hall–Kier alpha value is -3.41. The molecular weight excluding hydrogens is 461 g/mol. The van der Waals surface area contributed by atoms with Crippen LogP contribution in [0.4, 0.5) is 0 Å². The highest BCUT2D eigenvalue weighted by molar-refractivity contribution is 6.36. The smallest absolute Gasteiger partial charge is 0.339 e. The minimum absolute atomic E-state index is 0.204. The predicted octanol–water partition coefficient (Wildman–Crippen LogP) is 6.57. The van der Waals surface area contributed by atoms with E-state index in [-0.39, 0.29) is 10.6 Å². The van der Waals surface area contributed by atoms with E-state index in [0.717, 1.165) is 11.1 Å². The molecule has 0 radical (unpaired) electrons. The number of ketones is 1. The van der Waals surface area contributed by atoms with E-state index in [1.165, 1.54) is 12.1 Å². The molecule has 33 heavy (non-hydrogen) atoms. The average molecular weight is 480 g/mol. The lowest BCUT2D eigenvalue weighted by atomic mass is 10.0. The molecule has 0 spiro atoms. The van der Waals surface area contributed by atoms with Crippen molar-refractivity contribution in [2.75, 3.05) is 13.7 Å². The number of Topliss-reactive ketones (excluding diaryl/α,β-unsaturated/α-hetero) is 1. The molecule has 4 rings (SSSR count). The number of carbonyl (C=O) groups excluding carboxylic acids is 2. The number of rotatable bonds is 6. The molecule has 0 saturated carbocycles. The quantitative estimate of drug-likeness (QED) is 0.231. The molecule has 0 N–H and O–H groups in total. The molecule has 5 nitrogen and oxygen atoms in total. The van der Waals surface area contributed by atoms with E-state index in [0.29, 0.717) is 32.9 Å². The van der Waals surface area contributed by atoms with E-state index in [9.17, 15) is 9.59 Å². The number of fused-ring (bicyclic) bond motifs is 1. The van der Waals surface area contributed by atoms with Gasteiger partial charge in [0.1, 0.15) is 5.75 Å². The predicted molar refractivity (Wildman–Crippen MR) is 130 cm³/mol. The van der Waals surface area contributed by atoms with Crippen LogP contribution in [0.25, 0.3) is 22.2 Å². The van der Waals surface area contributed by atoms with Gasteiger partial charge in [0.15, 0.2) is 6.61 Å². The third kappa shape index (κ3) is 5.00. The number of halogens is 2. The molecule has 0 atom stereocenters. The molecule has 0 fully saturated rings. The van der Waals surface area contributed by atoms with Crippen molar-refractivity contribution in [2.45, 2.75) is 6.92 Å². The molecule has 0 amide bonds. The highest BCUT2D eigenvalue weighted by Gasteiger charge is 2.18. The van der Waals surface area contributed by atoms with E-state index in [1.807, 2.05) is 49.4 Å². The SMILES string of the molecule is COc1ccc(-c2cc(C(=O)OCC(=O)c3ccc(Cl)cc3Cl)c3cc(C)ccc3n2)cc1. The zero-order valence-corrected chi connectivity index (χ0v) is 19.4. The normalized spacial score (nSPS) is 10.8. The first-order chi connectivity index (χ1) is 15.9. The number of pyridine rings is 1. The number of aromatic nitrogens is 1. The van der Waals surface area contributed by atoms with Crippen molar-refractivity contribution in [2.24, 2.45) is 0 Å². The molecular formula is C26H19Cl2NO4. The molecule has 0 saturated heterocycles. The Morgan fingerprint density at radius 1 is 0.909 bits per heavy atom. The van der Waals surface area contributed by atoms with Gasteiger partial charge in [-0.15, -0.1) is 0 Å². The van der Waals surface area contributed by atoms with Gasteiger partial charge < -0.3 is 9.47 Å². The van der Waals surface area contributed by atoms with Crippen LogP contribution in [0.15, 0.2) is 66.7 Å². The number of ether oxygens (including phenoxy) is 2. The molecule has 0 aliphatic rings. The lowest BCUT2D eigenvalue weighted by Gasteiger charge is -2.11. The molecule has 0 aliphatic heterocycles. The van der Waals surface area contributed by atoms with Gasteiger partial charge in [0.25, 0.3) is 0 Å². The Morgan fingerprint density at radius 3 is 2.36 bits per heavy atom. The van der Waals surface area contributed by atoms with Crippen LogP contribution in [-0.4, -0.2) is 30.5 Å². The zero-order chi connectivity index (χ0) is 23.5. The number of aryl methyl sites for hydroxylation is 1. The Kier molecular flexibility index (Phi) is 6.63. The van der Waals surface area contributed by atoms with Crippen LogP contribution < -0.4 is 4.74 Å². The Morgan fingerprint density at radius 2 is 1.67 bits per heavy atom. The van der Waals surface area contributed by atoms with Crippen molar-refractivity contribution in [1.82, 2.24) is 4.98 Å². The largest absolute Gasteiger partial charge is 0.497 e. The molecule has 3 aromatic carbocycles. The van der Waals surface area contributed by atoms with E-state index in [2.05, 4.69) is 0 Å². The minimum atomic E-state index is -0.624. The van der Waals surface area contributed by atoms with Crippen LogP contribution in [0, 0.1) is 6.92 Å². The fourth-order valence-electron chi connectivity index (χ4n) is 3.42. The zero-order valence-electron chi connectivity index (χ0n) is 17.9. The first-order valence-corrected chi connectivity index (χ1v) is 10.8. The summed E-state index contributed by atoms with van der Waals surface area (Å²) in [6.45, 7) is 1.48. The van der Waals surface area contributed by atoms with Gasteiger partial charge in [-0.05, 0) is 67.6 Å². The van der Waals surface area contributed by atoms with Gasteiger partial charge in [-0.1, -0.05) is 34.8 Å². The highest BCUT2D eigenvalue weighted by Crippen LogP contribution is 2.28. The van der Waals surface area contributed by atoms with Crippen molar-refractivity contribution in [3.05, 3.63) is 93.5 Å². The topological polar surface area (TPSA) is 65.5 Å². The Labute approximate surface area is 200 Å². The van der Waals surface area contributed by atoms with Gasteiger partial charge in [-0.2, -0.15) is 0 Å². The van der Waals surface area contributed by atoms with Crippen LogP contribution in [0.2, 0.25) is 10.0 Å². The van der Waals surface area contributed by atoms with Crippen molar-refractivity contribution in [1.29, 1.82) is 0 Å². The summed E-state index contributed by atoms with van der Waals surface area (Å²) in [4.78, 5) is 30.3. The number of benzene rings is 3. The summed E-state index contributed by atoms with van der Waals surface area (Å²) in [6, 6.07) is 19.2. The molecule has 166 valence electrons. The van der Waals surface area contributed by atoms with Crippen LogP contribution in [0.1, 0.15) is 26.3 Å². The number of hydrogen-bond donors (Lipinski definition) is 0. The van der Waals surface area contributed by atoms with Gasteiger partial charge in [0, 0.05) is 21.5 Å². The lowest BCUT2D eigenvalue weighted by Crippen LogP contribution is -2.15. The molecule has 1 aromatic heterocycles. The van der Waals surface area contributed by atoms with Crippen LogP contribution in [0.5, 0.6) is 5.75 Å². The summed E-state index contributed by atoms with van der Waals surface area (Å²) in [5.41, 5.74) is 3.60. The van der Waals surface area contributed by atoms with Gasteiger partial charge in [0.05, 0.1) is 28.9 Å². The van der Waals surface area contributed by atoms with E-state index in [1.54, 1.807) is 19.2 Å². The van der Waals surface area contributed by atoms with Crippen molar-refractivity contribution in [3.8, 4) is 17.0 Å². The molecule has 1 heterocycles. The summed E-state index contributed by atoms with van der Waals surface area (Å²) in [5, 5.41) is 1.27. The molecule has 0 unspecified atom stereocenters. The Balaban J connectivity index is 1.66. The number of esters is 1.